The normalized spacial score (nSPS) is 12.6. The van der Waals surface area contributed by atoms with Gasteiger partial charge in [0.25, 0.3) is 0 Å². The summed E-state index contributed by atoms with van der Waals surface area (Å²) in [5.41, 5.74) is 7.71. The summed E-state index contributed by atoms with van der Waals surface area (Å²) in [5, 5.41) is 4.41. The second-order valence-corrected chi connectivity index (χ2v) is 5.01. The summed E-state index contributed by atoms with van der Waals surface area (Å²) in [7, 11) is 0. The average molecular weight is 282 g/mol. The van der Waals surface area contributed by atoms with E-state index in [1.54, 1.807) is 23.0 Å². The van der Waals surface area contributed by atoms with Crippen LogP contribution in [0.25, 0.3) is 0 Å². The van der Waals surface area contributed by atoms with Gasteiger partial charge >= 0.3 is 0 Å². The smallest absolute Gasteiger partial charge is 0.142 e. The molecule has 0 fully saturated rings. The van der Waals surface area contributed by atoms with Gasteiger partial charge in [-0.2, -0.15) is 5.10 Å². The van der Waals surface area contributed by atoms with Crippen molar-refractivity contribution in [3.05, 3.63) is 52.6 Å². The summed E-state index contributed by atoms with van der Waals surface area (Å²) in [6.45, 7) is 2.51. The fourth-order valence-corrected chi connectivity index (χ4v) is 2.08. The van der Waals surface area contributed by atoms with Gasteiger partial charge in [-0.1, -0.05) is 30.7 Å². The van der Waals surface area contributed by atoms with Crippen LogP contribution in [0.4, 0.5) is 4.39 Å². The second kappa shape index (κ2) is 6.17. The summed E-state index contributed by atoms with van der Waals surface area (Å²) in [5.74, 6) is -0.403. The van der Waals surface area contributed by atoms with Crippen LogP contribution in [0, 0.1) is 5.82 Å². The largest absolute Gasteiger partial charge is 0.327 e. The van der Waals surface area contributed by atoms with Crippen LogP contribution in [-0.4, -0.2) is 15.8 Å². The van der Waals surface area contributed by atoms with Gasteiger partial charge in [-0.25, -0.2) is 4.39 Å². The average Bonchev–Trinajstić information content (AvgIpc) is 2.82. The Balaban J connectivity index is 2.09. The van der Waals surface area contributed by atoms with E-state index in [4.69, 9.17) is 17.3 Å². The fourth-order valence-electron chi connectivity index (χ4n) is 1.89. The third-order valence-electron chi connectivity index (χ3n) is 3.07. The molecule has 1 unspecified atom stereocenters. The Kier molecular flexibility index (Phi) is 4.56. The first-order valence-electron chi connectivity index (χ1n) is 6.30. The first-order valence-corrected chi connectivity index (χ1v) is 6.67. The predicted molar refractivity (Wildman–Crippen MR) is 74.7 cm³/mol. The lowest BCUT2D eigenvalue weighted by Crippen LogP contribution is -2.21. The number of aromatic nitrogens is 2. The molecule has 0 aliphatic heterocycles. The van der Waals surface area contributed by atoms with E-state index in [0.717, 1.165) is 24.0 Å². The summed E-state index contributed by atoms with van der Waals surface area (Å²) in [4.78, 5) is 0. The van der Waals surface area contributed by atoms with Crippen molar-refractivity contribution < 1.29 is 4.39 Å². The van der Waals surface area contributed by atoms with Gasteiger partial charge < -0.3 is 5.73 Å². The lowest BCUT2D eigenvalue weighted by molar-refractivity contribution is 0.619. The summed E-state index contributed by atoms with van der Waals surface area (Å²) >= 11 is 5.92. The molecule has 1 aromatic heterocycles. The molecule has 2 N–H and O–H groups in total. The van der Waals surface area contributed by atoms with E-state index in [0.29, 0.717) is 6.54 Å². The zero-order valence-electron chi connectivity index (χ0n) is 10.8. The first-order chi connectivity index (χ1) is 9.10. The van der Waals surface area contributed by atoms with Gasteiger partial charge in [-0.15, -0.1) is 0 Å². The molecule has 1 aromatic carbocycles. The maximum Gasteiger partial charge on any atom is 0.142 e. The number of halogens is 2. The number of rotatable bonds is 5. The number of benzene rings is 1. The quantitative estimate of drug-likeness (QED) is 0.915. The number of nitrogens with zero attached hydrogens (tertiary/aromatic N) is 2. The standard InChI is InChI=1S/C14H17ClFN3/c1-2-12(17)6-10-7-18-19(8-10)9-11-4-3-5-13(16)14(11)15/h3-5,7-8,12H,2,6,9,17H2,1H3. The molecule has 0 bridgehead atoms. The van der Waals surface area contributed by atoms with Crippen LogP contribution in [0.5, 0.6) is 0 Å². The van der Waals surface area contributed by atoms with Crippen LogP contribution in [0.2, 0.25) is 5.02 Å². The van der Waals surface area contributed by atoms with Crippen molar-refractivity contribution in [3.63, 3.8) is 0 Å². The molecule has 19 heavy (non-hydrogen) atoms. The van der Waals surface area contributed by atoms with Gasteiger partial charge in [0.15, 0.2) is 0 Å². The van der Waals surface area contributed by atoms with Crippen molar-refractivity contribution in [1.82, 2.24) is 9.78 Å². The minimum absolute atomic E-state index is 0.149. The zero-order valence-corrected chi connectivity index (χ0v) is 11.6. The van der Waals surface area contributed by atoms with E-state index in [2.05, 4.69) is 12.0 Å². The van der Waals surface area contributed by atoms with Gasteiger partial charge in [0.1, 0.15) is 5.82 Å². The number of hydrogen-bond acceptors (Lipinski definition) is 2. The molecule has 0 saturated heterocycles. The van der Waals surface area contributed by atoms with Crippen LogP contribution >= 0.6 is 11.6 Å². The molecule has 1 atom stereocenters. The monoisotopic (exact) mass is 281 g/mol. The van der Waals surface area contributed by atoms with E-state index in [1.807, 2.05) is 6.20 Å². The Hall–Kier alpha value is -1.39. The maximum absolute atomic E-state index is 13.3. The van der Waals surface area contributed by atoms with Gasteiger partial charge in [0, 0.05) is 12.2 Å². The van der Waals surface area contributed by atoms with Crippen LogP contribution in [0.1, 0.15) is 24.5 Å². The van der Waals surface area contributed by atoms with Crippen molar-refractivity contribution in [1.29, 1.82) is 0 Å². The van der Waals surface area contributed by atoms with Gasteiger partial charge in [-0.05, 0) is 30.0 Å². The summed E-state index contributed by atoms with van der Waals surface area (Å²) < 4.78 is 15.1. The Bertz CT molecular complexity index is 553. The highest BCUT2D eigenvalue weighted by Gasteiger charge is 2.08. The second-order valence-electron chi connectivity index (χ2n) is 4.63. The highest BCUT2D eigenvalue weighted by molar-refractivity contribution is 6.31. The van der Waals surface area contributed by atoms with E-state index in [1.165, 1.54) is 6.07 Å². The van der Waals surface area contributed by atoms with Gasteiger partial charge in [-0.3, -0.25) is 4.68 Å². The van der Waals surface area contributed by atoms with E-state index in [-0.39, 0.29) is 11.1 Å². The predicted octanol–water partition coefficient (Wildman–Crippen LogP) is 3.00. The minimum atomic E-state index is -0.403. The van der Waals surface area contributed by atoms with E-state index < -0.39 is 5.82 Å². The third kappa shape index (κ3) is 3.55. The van der Waals surface area contributed by atoms with Crippen LogP contribution < -0.4 is 5.73 Å². The fraction of sp³-hybridized carbons (Fsp3) is 0.357. The van der Waals surface area contributed by atoms with Crippen molar-refractivity contribution >= 4 is 11.6 Å². The Morgan fingerprint density at radius 1 is 1.47 bits per heavy atom. The molecule has 0 saturated carbocycles. The van der Waals surface area contributed by atoms with Crippen LogP contribution in [-0.2, 0) is 13.0 Å². The SMILES string of the molecule is CCC(N)Cc1cnn(Cc2cccc(F)c2Cl)c1. The molecule has 2 aromatic rings. The number of hydrogen-bond donors (Lipinski definition) is 1. The Morgan fingerprint density at radius 2 is 2.26 bits per heavy atom. The molecule has 0 amide bonds. The van der Waals surface area contributed by atoms with Crippen molar-refractivity contribution in [3.8, 4) is 0 Å². The minimum Gasteiger partial charge on any atom is -0.327 e. The van der Waals surface area contributed by atoms with Crippen molar-refractivity contribution in [2.24, 2.45) is 5.73 Å². The molecule has 0 aliphatic carbocycles. The van der Waals surface area contributed by atoms with Gasteiger partial charge in [0.2, 0.25) is 0 Å². The zero-order chi connectivity index (χ0) is 13.8. The number of nitrogens with two attached hydrogens (primary N) is 1. The van der Waals surface area contributed by atoms with Crippen LogP contribution in [0.15, 0.2) is 30.6 Å². The molecule has 0 spiro atoms. The first kappa shape index (κ1) is 14.0. The summed E-state index contributed by atoms with van der Waals surface area (Å²) in [6, 6.07) is 4.94. The highest BCUT2D eigenvalue weighted by atomic mass is 35.5. The molecule has 0 aliphatic rings. The third-order valence-corrected chi connectivity index (χ3v) is 3.50. The van der Waals surface area contributed by atoms with Crippen LogP contribution in [0.3, 0.4) is 0 Å². The van der Waals surface area contributed by atoms with Crippen molar-refractivity contribution in [2.75, 3.05) is 0 Å². The highest BCUT2D eigenvalue weighted by Crippen LogP contribution is 2.20. The van der Waals surface area contributed by atoms with E-state index in [9.17, 15) is 4.39 Å². The molecule has 5 heteroatoms. The molecular formula is C14H17ClFN3. The van der Waals surface area contributed by atoms with Crippen molar-refractivity contribution in [2.45, 2.75) is 32.4 Å². The van der Waals surface area contributed by atoms with E-state index >= 15 is 0 Å². The lowest BCUT2D eigenvalue weighted by atomic mass is 10.1. The van der Waals surface area contributed by atoms with Gasteiger partial charge in [0.05, 0.1) is 17.8 Å². The molecule has 3 nitrogen and oxygen atoms in total. The Morgan fingerprint density at radius 3 is 3.00 bits per heavy atom. The molecular weight excluding hydrogens is 265 g/mol. The Labute approximate surface area is 117 Å². The molecule has 102 valence electrons. The lowest BCUT2D eigenvalue weighted by Gasteiger charge is -2.06. The summed E-state index contributed by atoms with van der Waals surface area (Å²) in [6.07, 6.45) is 5.45. The molecule has 0 radical (unpaired) electrons. The maximum atomic E-state index is 13.3. The topological polar surface area (TPSA) is 43.8 Å². The molecule has 1 heterocycles. The molecule has 2 rings (SSSR count).